The molecule has 1 aromatic heterocycles. The zero-order valence-corrected chi connectivity index (χ0v) is 21.5. The number of H-pyrrole nitrogens is 1. The number of carbonyl (C=O) groups is 2. The SMILES string of the molecule is Cc1ccc2nc(N[C@H]3CN(C(=O)c4ccccc4)C[C@@H]3OC(=O)c3ccc(-c4ccccc4)cc3)[nH]c2c1. The molecule has 2 heterocycles. The summed E-state index contributed by atoms with van der Waals surface area (Å²) in [5, 5.41) is 3.39. The van der Waals surface area contributed by atoms with Gasteiger partial charge >= 0.3 is 5.97 Å². The minimum atomic E-state index is -0.561. The van der Waals surface area contributed by atoms with Crippen molar-refractivity contribution in [3.05, 3.63) is 120 Å². The number of fused-ring (bicyclic) bond motifs is 1. The van der Waals surface area contributed by atoms with Crippen LogP contribution in [0.4, 0.5) is 5.95 Å². The van der Waals surface area contributed by atoms with Crippen LogP contribution in [0.15, 0.2) is 103 Å². The molecule has 7 heteroatoms. The monoisotopic (exact) mass is 516 g/mol. The minimum absolute atomic E-state index is 0.103. The van der Waals surface area contributed by atoms with E-state index in [0.717, 1.165) is 27.7 Å². The number of anilines is 1. The van der Waals surface area contributed by atoms with Gasteiger partial charge in [-0.05, 0) is 60.0 Å². The molecule has 1 aliphatic rings. The third kappa shape index (κ3) is 5.25. The zero-order chi connectivity index (χ0) is 26.8. The summed E-state index contributed by atoms with van der Waals surface area (Å²) >= 11 is 0. The van der Waals surface area contributed by atoms with Crippen LogP contribution in [0.3, 0.4) is 0 Å². The van der Waals surface area contributed by atoms with E-state index in [1.165, 1.54) is 0 Å². The molecule has 5 aromatic rings. The van der Waals surface area contributed by atoms with Gasteiger partial charge in [-0.15, -0.1) is 0 Å². The molecule has 0 unspecified atom stereocenters. The van der Waals surface area contributed by atoms with Crippen LogP contribution < -0.4 is 5.32 Å². The van der Waals surface area contributed by atoms with E-state index in [0.29, 0.717) is 23.6 Å². The van der Waals surface area contributed by atoms with Crippen LogP contribution in [0.5, 0.6) is 0 Å². The summed E-state index contributed by atoms with van der Waals surface area (Å²) in [5.74, 6) is 0.0388. The predicted octanol–water partition coefficient (Wildman–Crippen LogP) is 5.70. The Balaban J connectivity index is 1.22. The predicted molar refractivity (Wildman–Crippen MR) is 152 cm³/mol. The van der Waals surface area contributed by atoms with Gasteiger partial charge in [0.2, 0.25) is 5.95 Å². The van der Waals surface area contributed by atoms with Crippen LogP contribution in [-0.2, 0) is 4.74 Å². The molecule has 0 spiro atoms. The molecular weight excluding hydrogens is 488 g/mol. The molecule has 6 rings (SSSR count). The van der Waals surface area contributed by atoms with E-state index in [4.69, 9.17) is 4.74 Å². The van der Waals surface area contributed by atoms with Gasteiger partial charge in [-0.3, -0.25) is 4.79 Å². The average molecular weight is 517 g/mol. The van der Waals surface area contributed by atoms with Crippen molar-refractivity contribution >= 4 is 28.9 Å². The number of aromatic nitrogens is 2. The van der Waals surface area contributed by atoms with E-state index in [9.17, 15) is 9.59 Å². The van der Waals surface area contributed by atoms with Crippen molar-refractivity contribution in [3.63, 3.8) is 0 Å². The molecule has 1 amide bonds. The lowest BCUT2D eigenvalue weighted by Crippen LogP contribution is -2.36. The highest BCUT2D eigenvalue weighted by atomic mass is 16.5. The maximum absolute atomic E-state index is 13.2. The van der Waals surface area contributed by atoms with Gasteiger partial charge < -0.3 is 19.9 Å². The van der Waals surface area contributed by atoms with E-state index >= 15 is 0 Å². The number of hydrogen-bond acceptors (Lipinski definition) is 5. The van der Waals surface area contributed by atoms with Crippen molar-refractivity contribution in [2.24, 2.45) is 0 Å². The number of aromatic amines is 1. The summed E-state index contributed by atoms with van der Waals surface area (Å²) in [4.78, 5) is 36.1. The normalized spacial score (nSPS) is 16.8. The van der Waals surface area contributed by atoms with Crippen LogP contribution in [0.1, 0.15) is 26.3 Å². The van der Waals surface area contributed by atoms with Crippen molar-refractivity contribution in [3.8, 4) is 11.1 Å². The van der Waals surface area contributed by atoms with Crippen LogP contribution in [0.25, 0.3) is 22.2 Å². The summed E-state index contributed by atoms with van der Waals surface area (Å²) in [6.45, 7) is 2.67. The van der Waals surface area contributed by atoms with Gasteiger partial charge in [-0.1, -0.05) is 66.7 Å². The Hall–Kier alpha value is -4.91. The van der Waals surface area contributed by atoms with E-state index < -0.39 is 12.1 Å². The summed E-state index contributed by atoms with van der Waals surface area (Å²) in [7, 11) is 0. The van der Waals surface area contributed by atoms with Crippen LogP contribution in [-0.4, -0.2) is 52.0 Å². The first-order valence-corrected chi connectivity index (χ1v) is 13.0. The molecule has 1 saturated heterocycles. The number of likely N-dealkylation sites (tertiary alicyclic amines) is 1. The van der Waals surface area contributed by atoms with Crippen molar-refractivity contribution in [1.29, 1.82) is 0 Å². The molecule has 0 radical (unpaired) electrons. The number of hydrogen-bond donors (Lipinski definition) is 2. The number of aryl methyl sites for hydroxylation is 1. The van der Waals surface area contributed by atoms with E-state index in [-0.39, 0.29) is 18.5 Å². The second kappa shape index (κ2) is 10.5. The lowest BCUT2D eigenvalue weighted by atomic mass is 10.0. The second-order valence-corrected chi connectivity index (χ2v) is 9.82. The van der Waals surface area contributed by atoms with Gasteiger partial charge in [-0.2, -0.15) is 0 Å². The van der Waals surface area contributed by atoms with Crippen LogP contribution in [0, 0.1) is 6.92 Å². The highest BCUT2D eigenvalue weighted by Gasteiger charge is 2.39. The quantitative estimate of drug-likeness (QED) is 0.283. The third-order valence-electron chi connectivity index (χ3n) is 7.02. The van der Waals surface area contributed by atoms with Gasteiger partial charge in [0.25, 0.3) is 5.91 Å². The fourth-order valence-electron chi connectivity index (χ4n) is 4.96. The number of esters is 1. The number of benzene rings is 4. The highest BCUT2D eigenvalue weighted by molar-refractivity contribution is 5.95. The van der Waals surface area contributed by atoms with Crippen molar-refractivity contribution < 1.29 is 14.3 Å². The largest absolute Gasteiger partial charge is 0.455 e. The topological polar surface area (TPSA) is 87.3 Å². The number of imidazole rings is 1. The first-order valence-electron chi connectivity index (χ1n) is 13.0. The molecule has 1 aliphatic heterocycles. The van der Waals surface area contributed by atoms with E-state index in [1.807, 2.05) is 85.8 Å². The number of rotatable bonds is 6. The number of amides is 1. The lowest BCUT2D eigenvalue weighted by Gasteiger charge is -2.19. The Morgan fingerprint density at radius 1 is 0.846 bits per heavy atom. The Bertz CT molecular complexity index is 1610. The Labute approximate surface area is 226 Å². The van der Waals surface area contributed by atoms with E-state index in [2.05, 4.69) is 15.3 Å². The van der Waals surface area contributed by atoms with Crippen LogP contribution >= 0.6 is 0 Å². The summed E-state index contributed by atoms with van der Waals surface area (Å²) in [5.41, 5.74) is 6.04. The van der Waals surface area contributed by atoms with Gasteiger partial charge in [0.15, 0.2) is 0 Å². The van der Waals surface area contributed by atoms with Gasteiger partial charge in [0.1, 0.15) is 6.10 Å². The molecule has 2 atom stereocenters. The molecule has 0 aliphatic carbocycles. The Kier molecular flexibility index (Phi) is 6.55. The van der Waals surface area contributed by atoms with E-state index in [1.54, 1.807) is 29.2 Å². The number of ether oxygens (including phenoxy) is 1. The Morgan fingerprint density at radius 2 is 1.54 bits per heavy atom. The molecule has 194 valence electrons. The molecular formula is C32H28N4O3. The highest BCUT2D eigenvalue weighted by Crippen LogP contribution is 2.24. The smallest absolute Gasteiger partial charge is 0.338 e. The van der Waals surface area contributed by atoms with Crippen molar-refractivity contribution in [2.75, 3.05) is 18.4 Å². The first kappa shape index (κ1) is 24.4. The molecule has 39 heavy (non-hydrogen) atoms. The molecule has 1 fully saturated rings. The number of nitrogens with one attached hydrogen (secondary N) is 2. The molecule has 4 aromatic carbocycles. The summed E-state index contributed by atoms with van der Waals surface area (Å²) in [6.07, 6.45) is -0.561. The maximum atomic E-state index is 13.2. The molecule has 7 nitrogen and oxygen atoms in total. The maximum Gasteiger partial charge on any atom is 0.338 e. The average Bonchev–Trinajstić information content (AvgIpc) is 3.56. The summed E-state index contributed by atoms with van der Waals surface area (Å²) in [6, 6.07) is 32.2. The number of nitrogens with zero attached hydrogens (tertiary/aromatic N) is 2. The molecule has 0 saturated carbocycles. The first-order chi connectivity index (χ1) is 19.0. The fraction of sp³-hybridized carbons (Fsp3) is 0.156. The van der Waals surface area contributed by atoms with Gasteiger partial charge in [0, 0.05) is 12.1 Å². The summed E-state index contributed by atoms with van der Waals surface area (Å²) < 4.78 is 6.00. The lowest BCUT2D eigenvalue weighted by molar-refractivity contribution is 0.0299. The van der Waals surface area contributed by atoms with Crippen molar-refractivity contribution in [1.82, 2.24) is 14.9 Å². The van der Waals surface area contributed by atoms with Gasteiger partial charge in [-0.25, -0.2) is 9.78 Å². The minimum Gasteiger partial charge on any atom is -0.455 e. The van der Waals surface area contributed by atoms with Crippen LogP contribution in [0.2, 0.25) is 0 Å². The van der Waals surface area contributed by atoms with Crippen molar-refractivity contribution in [2.45, 2.75) is 19.1 Å². The fourth-order valence-corrected chi connectivity index (χ4v) is 4.96. The Morgan fingerprint density at radius 3 is 2.28 bits per heavy atom. The molecule has 0 bridgehead atoms. The van der Waals surface area contributed by atoms with Gasteiger partial charge in [0.05, 0.1) is 29.2 Å². The zero-order valence-electron chi connectivity index (χ0n) is 21.5. The standard InChI is InChI=1S/C32H28N4O3/c1-21-12-17-26-27(18-21)34-32(33-26)35-28-19-36(30(37)24-10-6-3-7-11-24)20-29(28)39-31(38)25-15-13-23(14-16-25)22-8-4-2-5-9-22/h2-18,28-29H,19-20H2,1H3,(H2,33,34,35)/t28-,29-/m0/s1. The third-order valence-corrected chi connectivity index (χ3v) is 7.02. The molecule has 2 N–H and O–H groups in total. The second-order valence-electron chi connectivity index (χ2n) is 9.82. The number of carbonyl (C=O) groups excluding carboxylic acids is 2.